The van der Waals surface area contributed by atoms with Gasteiger partial charge in [0.2, 0.25) is 11.8 Å². The van der Waals surface area contributed by atoms with E-state index >= 15 is 0 Å². The summed E-state index contributed by atoms with van der Waals surface area (Å²) in [4.78, 5) is 76.6. The number of amides is 5. The number of rotatable bonds is 10. The maximum Gasteiger partial charge on any atom is 0.426 e. The SMILES string of the molecule is CC(C)(C)OC(=O)NNC(=O)c1ccc(NC(=O)[C@@H]2CCCN2C(=O)C(CS(=O)(=O)O)NC(=O)OCC2c3ccccc3-c3ccccc32)cc1[N+](=O)[O-]. The van der Waals surface area contributed by atoms with Crippen LogP contribution in [0.25, 0.3) is 11.1 Å². The highest BCUT2D eigenvalue weighted by Gasteiger charge is 2.40. The average Bonchev–Trinajstić information content (AvgIpc) is 3.71. The van der Waals surface area contributed by atoms with Crippen LogP contribution in [0, 0.1) is 10.1 Å². The van der Waals surface area contributed by atoms with Crippen LogP contribution in [0.15, 0.2) is 66.7 Å². The van der Waals surface area contributed by atoms with Gasteiger partial charge in [-0.05, 0) is 68.0 Å². The van der Waals surface area contributed by atoms with E-state index in [4.69, 9.17) is 9.47 Å². The molecule has 1 aliphatic heterocycles. The number of anilines is 1. The second-order valence-corrected chi connectivity index (χ2v) is 15.0. The molecule has 2 atom stereocenters. The van der Waals surface area contributed by atoms with Crippen molar-refractivity contribution in [2.24, 2.45) is 0 Å². The Balaban J connectivity index is 1.25. The third kappa shape index (κ3) is 9.47. The molecule has 0 radical (unpaired) electrons. The Morgan fingerprint density at radius 2 is 1.59 bits per heavy atom. The molecule has 1 aliphatic carbocycles. The van der Waals surface area contributed by atoms with Crippen molar-refractivity contribution in [3.63, 3.8) is 0 Å². The van der Waals surface area contributed by atoms with Gasteiger partial charge in [0.1, 0.15) is 35.6 Å². The summed E-state index contributed by atoms with van der Waals surface area (Å²) in [7, 11) is -4.83. The summed E-state index contributed by atoms with van der Waals surface area (Å²) in [6.07, 6.45) is -1.72. The van der Waals surface area contributed by atoms with Crippen LogP contribution in [0.3, 0.4) is 0 Å². The van der Waals surface area contributed by atoms with Crippen LogP contribution in [-0.2, 0) is 29.2 Å². The van der Waals surface area contributed by atoms with E-state index < -0.39 is 79.6 Å². The summed E-state index contributed by atoms with van der Waals surface area (Å²) in [5, 5.41) is 16.5. The van der Waals surface area contributed by atoms with Gasteiger partial charge in [-0.3, -0.25) is 34.5 Å². The van der Waals surface area contributed by atoms with Crippen molar-refractivity contribution in [3.05, 3.63) is 93.5 Å². The highest BCUT2D eigenvalue weighted by atomic mass is 32.2. The molecule has 2 aliphatic rings. The molecule has 0 saturated carbocycles. The summed E-state index contributed by atoms with van der Waals surface area (Å²) >= 11 is 0. The van der Waals surface area contributed by atoms with Gasteiger partial charge in [0.05, 0.1) is 4.92 Å². The molecule has 3 aromatic rings. The maximum atomic E-state index is 13.7. The number of nitrogens with one attached hydrogen (secondary N) is 4. The summed E-state index contributed by atoms with van der Waals surface area (Å²) < 4.78 is 44.0. The van der Waals surface area contributed by atoms with Crippen molar-refractivity contribution >= 4 is 51.4 Å². The van der Waals surface area contributed by atoms with E-state index in [1.807, 2.05) is 59.4 Å². The van der Waals surface area contributed by atoms with E-state index in [0.717, 1.165) is 39.3 Å². The number of nitro groups is 1. The van der Waals surface area contributed by atoms with Crippen molar-refractivity contribution in [1.29, 1.82) is 0 Å². The Labute approximate surface area is 309 Å². The summed E-state index contributed by atoms with van der Waals surface area (Å²) in [6, 6.07) is 15.3. The predicted octanol–water partition coefficient (Wildman–Crippen LogP) is 3.49. The van der Waals surface area contributed by atoms with Crippen LogP contribution in [0.1, 0.15) is 61.0 Å². The minimum Gasteiger partial charge on any atom is -0.449 e. The van der Waals surface area contributed by atoms with Gasteiger partial charge in [0.15, 0.2) is 0 Å². The smallest absolute Gasteiger partial charge is 0.426 e. The fourth-order valence-corrected chi connectivity index (χ4v) is 6.97. The lowest BCUT2D eigenvalue weighted by molar-refractivity contribution is -0.385. The Morgan fingerprint density at radius 3 is 2.19 bits per heavy atom. The van der Waals surface area contributed by atoms with Crippen molar-refractivity contribution in [2.45, 2.75) is 57.2 Å². The van der Waals surface area contributed by atoms with Gasteiger partial charge in [0.25, 0.3) is 21.7 Å². The summed E-state index contributed by atoms with van der Waals surface area (Å²) in [5.41, 5.74) is 5.60. The van der Waals surface area contributed by atoms with Crippen LogP contribution in [0.5, 0.6) is 0 Å². The normalized spacial score (nSPS) is 15.6. The van der Waals surface area contributed by atoms with Crippen molar-refractivity contribution in [1.82, 2.24) is 21.1 Å². The second kappa shape index (κ2) is 15.9. The lowest BCUT2D eigenvalue weighted by atomic mass is 9.98. The number of ether oxygens (including phenoxy) is 2. The van der Waals surface area contributed by atoms with Crippen LogP contribution in [-0.4, -0.2) is 89.3 Å². The van der Waals surface area contributed by atoms with Crippen LogP contribution < -0.4 is 21.5 Å². The van der Waals surface area contributed by atoms with Crippen LogP contribution in [0.2, 0.25) is 0 Å². The molecular formula is C35H38N6O12S. The maximum absolute atomic E-state index is 13.7. The first-order chi connectivity index (χ1) is 25.4. The highest BCUT2D eigenvalue weighted by Crippen LogP contribution is 2.44. The number of nitro benzene ring substituents is 1. The van der Waals surface area contributed by atoms with Gasteiger partial charge >= 0.3 is 12.2 Å². The molecule has 0 spiro atoms. The molecular weight excluding hydrogens is 728 g/mol. The van der Waals surface area contributed by atoms with Crippen molar-refractivity contribution in [3.8, 4) is 11.1 Å². The highest BCUT2D eigenvalue weighted by molar-refractivity contribution is 7.85. The number of carbonyl (C=O) groups is 5. The minimum absolute atomic E-state index is 0.0187. The van der Waals surface area contributed by atoms with E-state index in [9.17, 15) is 47.1 Å². The van der Waals surface area contributed by atoms with Gasteiger partial charge < -0.3 is 25.0 Å². The number of hydrogen-bond acceptors (Lipinski definition) is 11. The zero-order valence-corrected chi connectivity index (χ0v) is 30.2. The fraction of sp³-hybridized carbons (Fsp3) is 0.343. The standard InChI is InChI=1S/C35H38N6O12S/c1-35(2,3)53-34(46)39-38-30(42)25-15-14-20(17-29(25)41(47)48)36-31(43)28-13-8-16-40(28)32(44)27(19-54(49,50)51)37-33(45)52-18-26-23-11-6-4-9-21(23)22-10-5-7-12-24(22)26/h4-7,9-12,14-15,17,26-28H,8,13,16,18-19H2,1-3H3,(H,36,43)(H,37,45)(H,38,42)(H,39,46)(H,49,50,51)/t27?,28-/m0/s1. The largest absolute Gasteiger partial charge is 0.449 e. The zero-order valence-electron chi connectivity index (χ0n) is 29.4. The molecule has 1 unspecified atom stereocenters. The number of nitrogens with zero attached hydrogens (tertiary/aromatic N) is 2. The zero-order chi connectivity index (χ0) is 39.4. The van der Waals surface area contributed by atoms with Crippen LogP contribution >= 0.6 is 0 Å². The average molecular weight is 767 g/mol. The molecule has 1 heterocycles. The molecule has 286 valence electrons. The van der Waals surface area contributed by atoms with E-state index in [1.165, 1.54) is 6.07 Å². The number of hydrogen-bond donors (Lipinski definition) is 5. The molecule has 5 rings (SSSR count). The van der Waals surface area contributed by atoms with E-state index in [0.29, 0.717) is 6.42 Å². The molecule has 5 N–H and O–H groups in total. The number of likely N-dealkylation sites (tertiary alicyclic amines) is 1. The van der Waals surface area contributed by atoms with Crippen molar-refractivity contribution < 1.29 is 51.3 Å². The number of benzene rings is 3. The number of hydrazine groups is 1. The first kappa shape index (κ1) is 39.1. The Bertz CT molecular complexity index is 2060. The third-order valence-electron chi connectivity index (χ3n) is 8.53. The molecule has 3 aromatic carbocycles. The van der Waals surface area contributed by atoms with E-state index in [2.05, 4.69) is 10.6 Å². The molecule has 19 heteroatoms. The molecule has 1 saturated heterocycles. The topological polar surface area (TPSA) is 253 Å². The Kier molecular flexibility index (Phi) is 11.5. The van der Waals surface area contributed by atoms with Crippen molar-refractivity contribution in [2.75, 3.05) is 24.2 Å². The molecule has 0 aromatic heterocycles. The second-order valence-electron chi connectivity index (χ2n) is 13.5. The molecule has 0 bridgehead atoms. The van der Waals surface area contributed by atoms with E-state index in [-0.39, 0.29) is 31.2 Å². The third-order valence-corrected chi connectivity index (χ3v) is 9.29. The summed E-state index contributed by atoms with van der Waals surface area (Å²) in [6.45, 7) is 4.61. The minimum atomic E-state index is -4.83. The lowest BCUT2D eigenvalue weighted by Crippen LogP contribution is -2.55. The monoisotopic (exact) mass is 766 g/mol. The Morgan fingerprint density at radius 1 is 0.963 bits per heavy atom. The Hall–Kier alpha value is -6.08. The number of fused-ring (bicyclic) bond motifs is 3. The van der Waals surface area contributed by atoms with Gasteiger partial charge in [-0.1, -0.05) is 48.5 Å². The van der Waals surface area contributed by atoms with Crippen LogP contribution in [0.4, 0.5) is 21.0 Å². The molecule has 18 nitrogen and oxygen atoms in total. The van der Waals surface area contributed by atoms with Gasteiger partial charge in [-0.15, -0.1) is 0 Å². The van der Waals surface area contributed by atoms with Gasteiger partial charge in [-0.2, -0.15) is 8.42 Å². The van der Waals surface area contributed by atoms with Gasteiger partial charge in [0, 0.05) is 24.2 Å². The fourth-order valence-electron chi connectivity index (χ4n) is 6.33. The quantitative estimate of drug-likeness (QED) is 0.113. The molecule has 54 heavy (non-hydrogen) atoms. The molecule has 1 fully saturated rings. The van der Waals surface area contributed by atoms with Gasteiger partial charge in [-0.25, -0.2) is 15.0 Å². The molecule has 5 amide bonds. The summed E-state index contributed by atoms with van der Waals surface area (Å²) in [5.74, 6) is -4.38. The first-order valence-corrected chi connectivity index (χ1v) is 18.3. The predicted molar refractivity (Wildman–Crippen MR) is 192 cm³/mol. The number of carbonyl (C=O) groups excluding carboxylic acids is 5. The van der Waals surface area contributed by atoms with E-state index in [1.54, 1.807) is 20.8 Å². The first-order valence-electron chi connectivity index (χ1n) is 16.7. The lowest BCUT2D eigenvalue weighted by Gasteiger charge is -2.28. The number of alkyl carbamates (subject to hydrolysis) is 1.